The molecule has 0 saturated heterocycles. The van der Waals surface area contributed by atoms with E-state index in [1.54, 1.807) is 34.9 Å². The van der Waals surface area contributed by atoms with Gasteiger partial charge in [0.15, 0.2) is 0 Å². The molecule has 0 unspecified atom stereocenters. The lowest BCUT2D eigenvalue weighted by Crippen LogP contribution is -2.31. The molecule has 0 atom stereocenters. The minimum atomic E-state index is -0.146. The lowest BCUT2D eigenvalue weighted by Gasteiger charge is -2.28. The second-order valence-electron chi connectivity index (χ2n) is 6.94. The van der Waals surface area contributed by atoms with Crippen molar-refractivity contribution in [3.05, 3.63) is 63.0 Å². The summed E-state index contributed by atoms with van der Waals surface area (Å²) in [5, 5.41) is 4.13. The van der Waals surface area contributed by atoms with Crippen molar-refractivity contribution in [2.45, 2.75) is 31.7 Å². The average Bonchev–Trinajstić information content (AvgIpc) is 3.01. The van der Waals surface area contributed by atoms with Crippen LogP contribution in [0.2, 0.25) is 10.0 Å². The van der Waals surface area contributed by atoms with Gasteiger partial charge in [-0.05, 0) is 62.1 Å². The number of carbonyl (C=O) groups excluding carboxylic acids is 1. The summed E-state index contributed by atoms with van der Waals surface area (Å²) in [6.45, 7) is 0. The minimum Gasteiger partial charge on any atom is -0.326 e. The molecule has 1 saturated carbocycles. The van der Waals surface area contributed by atoms with Crippen LogP contribution >= 0.6 is 23.2 Å². The van der Waals surface area contributed by atoms with Gasteiger partial charge in [-0.3, -0.25) is 9.36 Å². The van der Waals surface area contributed by atoms with Crippen molar-refractivity contribution in [3.8, 4) is 0 Å². The lowest BCUT2D eigenvalue weighted by atomic mass is 9.85. The molecule has 0 spiro atoms. The molecule has 4 rings (SSSR count). The zero-order valence-corrected chi connectivity index (χ0v) is 16.1. The fourth-order valence-electron chi connectivity index (χ4n) is 3.85. The van der Waals surface area contributed by atoms with Crippen LogP contribution in [0.5, 0.6) is 0 Å². The van der Waals surface area contributed by atoms with Crippen LogP contribution < -0.4 is 11.0 Å². The maximum atomic E-state index is 12.5. The third-order valence-electron chi connectivity index (χ3n) is 5.25. The largest absolute Gasteiger partial charge is 0.326 e. The van der Waals surface area contributed by atoms with E-state index in [0.717, 1.165) is 36.9 Å². The molecule has 7 heteroatoms. The summed E-state index contributed by atoms with van der Waals surface area (Å²) in [5.74, 6) is -0.0356. The van der Waals surface area contributed by atoms with Crippen molar-refractivity contribution in [1.82, 2.24) is 9.55 Å². The minimum absolute atomic E-state index is 0.0186. The SMILES string of the molecule is O=c1[nH]c2c(Cl)cccc2n1[C@H]1CC[C@@H](C(=O)Nc2ccc(Cl)cc2)CC1. The van der Waals surface area contributed by atoms with Crippen molar-refractivity contribution in [2.75, 3.05) is 5.32 Å². The molecule has 3 aromatic rings. The first-order chi connectivity index (χ1) is 13.0. The Bertz CT molecular complexity index is 1030. The molecule has 1 heterocycles. The summed E-state index contributed by atoms with van der Waals surface area (Å²) in [4.78, 5) is 27.8. The normalized spacial score (nSPS) is 19.9. The second kappa shape index (κ2) is 7.41. The first kappa shape index (κ1) is 18.1. The highest BCUT2D eigenvalue weighted by Crippen LogP contribution is 2.34. The fourth-order valence-corrected chi connectivity index (χ4v) is 4.19. The van der Waals surface area contributed by atoms with Crippen LogP contribution in [0.3, 0.4) is 0 Å². The number of hydrogen-bond donors (Lipinski definition) is 2. The molecule has 1 aromatic heterocycles. The summed E-state index contributed by atoms with van der Waals surface area (Å²) >= 11 is 12.1. The van der Waals surface area contributed by atoms with Gasteiger partial charge in [-0.25, -0.2) is 4.79 Å². The quantitative estimate of drug-likeness (QED) is 0.645. The van der Waals surface area contributed by atoms with E-state index in [1.165, 1.54) is 0 Å². The van der Waals surface area contributed by atoms with Gasteiger partial charge in [-0.15, -0.1) is 0 Å². The molecule has 1 aliphatic carbocycles. The zero-order valence-electron chi connectivity index (χ0n) is 14.5. The number of halogens is 2. The summed E-state index contributed by atoms with van der Waals surface area (Å²) in [6.07, 6.45) is 3.03. The summed E-state index contributed by atoms with van der Waals surface area (Å²) in [7, 11) is 0. The molecule has 1 fully saturated rings. The van der Waals surface area contributed by atoms with Crippen LogP contribution in [-0.4, -0.2) is 15.5 Å². The Morgan fingerprint density at radius 1 is 1.04 bits per heavy atom. The standard InChI is InChI=1S/C20H19Cl2N3O2/c21-13-6-8-14(9-7-13)23-19(26)12-4-10-15(11-5-12)25-17-3-1-2-16(22)18(17)24-20(25)27/h1-3,6-9,12,15H,4-5,10-11H2,(H,23,26)(H,24,27)/t12-,15+. The Morgan fingerprint density at radius 3 is 2.44 bits per heavy atom. The third kappa shape index (κ3) is 3.62. The van der Waals surface area contributed by atoms with Crippen molar-refractivity contribution >= 4 is 45.8 Å². The molecule has 0 aliphatic heterocycles. The van der Waals surface area contributed by atoms with Crippen LogP contribution in [0.4, 0.5) is 5.69 Å². The van der Waals surface area contributed by atoms with Gasteiger partial charge in [0, 0.05) is 22.7 Å². The highest BCUT2D eigenvalue weighted by Gasteiger charge is 2.29. The van der Waals surface area contributed by atoms with E-state index >= 15 is 0 Å². The highest BCUT2D eigenvalue weighted by atomic mass is 35.5. The van der Waals surface area contributed by atoms with Crippen LogP contribution in [0, 0.1) is 5.92 Å². The average molecular weight is 404 g/mol. The summed E-state index contributed by atoms with van der Waals surface area (Å²) in [6, 6.07) is 12.7. The van der Waals surface area contributed by atoms with Crippen LogP contribution in [0.15, 0.2) is 47.3 Å². The van der Waals surface area contributed by atoms with Crippen molar-refractivity contribution in [2.24, 2.45) is 5.92 Å². The van der Waals surface area contributed by atoms with Gasteiger partial charge in [-0.2, -0.15) is 0 Å². The van der Waals surface area contributed by atoms with Crippen molar-refractivity contribution in [3.63, 3.8) is 0 Å². The Morgan fingerprint density at radius 2 is 1.74 bits per heavy atom. The molecule has 2 aromatic carbocycles. The predicted octanol–water partition coefficient (Wildman–Crippen LogP) is 5.01. The molecule has 140 valence electrons. The zero-order chi connectivity index (χ0) is 19.0. The van der Waals surface area contributed by atoms with Crippen LogP contribution in [0.1, 0.15) is 31.7 Å². The molecule has 1 amide bonds. The molecular formula is C20H19Cl2N3O2. The maximum Gasteiger partial charge on any atom is 0.326 e. The van der Waals surface area contributed by atoms with Gasteiger partial charge >= 0.3 is 5.69 Å². The Labute approximate surface area is 166 Å². The number of imidazole rings is 1. The van der Waals surface area contributed by atoms with Crippen molar-refractivity contribution < 1.29 is 4.79 Å². The number of para-hydroxylation sites is 1. The second-order valence-corrected chi connectivity index (χ2v) is 7.78. The van der Waals surface area contributed by atoms with E-state index in [2.05, 4.69) is 10.3 Å². The third-order valence-corrected chi connectivity index (χ3v) is 5.81. The van der Waals surface area contributed by atoms with Gasteiger partial charge < -0.3 is 10.3 Å². The van der Waals surface area contributed by atoms with Crippen molar-refractivity contribution in [1.29, 1.82) is 0 Å². The number of nitrogens with zero attached hydrogens (tertiary/aromatic N) is 1. The summed E-state index contributed by atoms with van der Waals surface area (Å²) in [5.41, 5.74) is 2.09. The van der Waals surface area contributed by atoms with Crippen LogP contribution in [0.25, 0.3) is 11.0 Å². The van der Waals surface area contributed by atoms with Gasteiger partial charge in [0.05, 0.1) is 16.1 Å². The molecule has 1 aliphatic rings. The van der Waals surface area contributed by atoms with E-state index in [4.69, 9.17) is 23.2 Å². The number of hydrogen-bond acceptors (Lipinski definition) is 2. The lowest BCUT2D eigenvalue weighted by molar-refractivity contribution is -0.121. The number of carbonyl (C=O) groups is 1. The number of aromatic nitrogens is 2. The van der Waals surface area contributed by atoms with Gasteiger partial charge in [-0.1, -0.05) is 29.3 Å². The number of H-pyrrole nitrogens is 1. The smallest absolute Gasteiger partial charge is 0.326 e. The number of nitrogens with one attached hydrogen (secondary N) is 2. The number of aromatic amines is 1. The Hall–Kier alpha value is -2.24. The first-order valence-electron chi connectivity index (χ1n) is 8.98. The first-order valence-corrected chi connectivity index (χ1v) is 9.73. The van der Waals surface area contributed by atoms with Crippen LogP contribution in [-0.2, 0) is 4.79 Å². The molecule has 5 nitrogen and oxygen atoms in total. The highest BCUT2D eigenvalue weighted by molar-refractivity contribution is 6.34. The van der Waals surface area contributed by atoms with Gasteiger partial charge in [0.25, 0.3) is 0 Å². The molecule has 27 heavy (non-hydrogen) atoms. The molecule has 2 N–H and O–H groups in total. The number of rotatable bonds is 3. The Balaban J connectivity index is 1.45. The van der Waals surface area contributed by atoms with Gasteiger partial charge in [0.1, 0.15) is 0 Å². The monoisotopic (exact) mass is 403 g/mol. The predicted molar refractivity (Wildman–Crippen MR) is 109 cm³/mol. The number of anilines is 1. The van der Waals surface area contributed by atoms with E-state index in [-0.39, 0.29) is 23.6 Å². The topological polar surface area (TPSA) is 66.9 Å². The molecule has 0 bridgehead atoms. The maximum absolute atomic E-state index is 12.5. The number of amides is 1. The van der Waals surface area contributed by atoms with E-state index in [1.807, 2.05) is 12.1 Å². The fraction of sp³-hybridized carbons (Fsp3) is 0.300. The van der Waals surface area contributed by atoms with E-state index < -0.39 is 0 Å². The number of benzene rings is 2. The summed E-state index contributed by atoms with van der Waals surface area (Å²) < 4.78 is 1.79. The molecule has 0 radical (unpaired) electrons. The van der Waals surface area contributed by atoms with Gasteiger partial charge in [0.2, 0.25) is 5.91 Å². The Kier molecular flexibility index (Phi) is 4.98. The van der Waals surface area contributed by atoms with E-state index in [0.29, 0.717) is 15.6 Å². The van der Waals surface area contributed by atoms with E-state index in [9.17, 15) is 9.59 Å². The molecular weight excluding hydrogens is 385 g/mol. The number of fused-ring (bicyclic) bond motifs is 1.